The van der Waals surface area contributed by atoms with E-state index in [0.29, 0.717) is 0 Å². The van der Waals surface area contributed by atoms with Crippen LogP contribution in [0.2, 0.25) is 0 Å². The molecule has 0 saturated carbocycles. The van der Waals surface area contributed by atoms with Gasteiger partial charge in [-0.05, 0) is 37.1 Å². The Morgan fingerprint density at radius 2 is 1.05 bits per heavy atom. The van der Waals surface area contributed by atoms with Gasteiger partial charge >= 0.3 is 11.9 Å². The molecule has 1 aliphatic heterocycles. The third-order valence-electron chi connectivity index (χ3n) is 3.21. The summed E-state index contributed by atoms with van der Waals surface area (Å²) < 4.78 is 5.35. The topological polar surface area (TPSA) is 83.8 Å². The minimum absolute atomic E-state index is 0.0833. The molecule has 0 unspecified atom stereocenters. The summed E-state index contributed by atoms with van der Waals surface area (Å²) in [6.07, 6.45) is 8.15. The Hall–Kier alpha value is -1.88. The van der Waals surface area contributed by atoms with Crippen LogP contribution in [0.5, 0.6) is 0 Å². The van der Waals surface area contributed by atoms with E-state index in [1.165, 1.54) is 62.8 Å². The second kappa shape index (κ2) is 9.94. The Kier molecular flexibility index (Phi) is 8.12. The Morgan fingerprint density at radius 3 is 1.38 bits per heavy atom. The van der Waals surface area contributed by atoms with Crippen molar-refractivity contribution in [2.24, 2.45) is 0 Å². The number of carbonyl (C=O) groups is 2. The van der Waals surface area contributed by atoms with Crippen LogP contribution in [0, 0.1) is 0 Å². The molecular formula is C16H22O5. The van der Waals surface area contributed by atoms with Crippen molar-refractivity contribution in [2.45, 2.75) is 38.5 Å². The van der Waals surface area contributed by atoms with Gasteiger partial charge in [0.15, 0.2) is 0 Å². The zero-order valence-corrected chi connectivity index (χ0v) is 12.1. The van der Waals surface area contributed by atoms with E-state index in [2.05, 4.69) is 0 Å². The summed E-state index contributed by atoms with van der Waals surface area (Å²) in [6.45, 7) is 2.00. The van der Waals surface area contributed by atoms with E-state index in [0.717, 1.165) is 13.2 Å². The number of benzene rings is 1. The van der Waals surface area contributed by atoms with Crippen molar-refractivity contribution in [3.8, 4) is 0 Å². The summed E-state index contributed by atoms with van der Waals surface area (Å²) in [7, 11) is 0. The van der Waals surface area contributed by atoms with Crippen molar-refractivity contribution in [3.05, 3.63) is 35.4 Å². The minimum Gasteiger partial charge on any atom is -0.478 e. The van der Waals surface area contributed by atoms with E-state index in [1.54, 1.807) is 0 Å². The molecule has 0 spiro atoms. The predicted octanol–water partition coefficient (Wildman–Crippen LogP) is 3.44. The number of hydrogen-bond donors (Lipinski definition) is 2. The maximum Gasteiger partial charge on any atom is 0.335 e. The number of rotatable bonds is 2. The second-order valence-electron chi connectivity index (χ2n) is 4.92. The first-order valence-electron chi connectivity index (χ1n) is 7.25. The lowest BCUT2D eigenvalue weighted by molar-refractivity contribution is 0.0681. The summed E-state index contributed by atoms with van der Waals surface area (Å²) in [5.41, 5.74) is 0.167. The molecule has 2 N–H and O–H groups in total. The van der Waals surface area contributed by atoms with Crippen molar-refractivity contribution in [3.63, 3.8) is 0 Å². The van der Waals surface area contributed by atoms with Crippen molar-refractivity contribution >= 4 is 11.9 Å². The van der Waals surface area contributed by atoms with Crippen LogP contribution in [0.1, 0.15) is 59.2 Å². The van der Waals surface area contributed by atoms with Crippen molar-refractivity contribution < 1.29 is 24.5 Å². The molecule has 5 nitrogen and oxygen atoms in total. The van der Waals surface area contributed by atoms with E-state index in [9.17, 15) is 9.59 Å². The first-order valence-corrected chi connectivity index (χ1v) is 7.25. The average molecular weight is 294 g/mol. The van der Waals surface area contributed by atoms with E-state index in [-0.39, 0.29) is 11.1 Å². The van der Waals surface area contributed by atoms with E-state index in [1.807, 2.05) is 0 Å². The average Bonchev–Trinajstić information content (AvgIpc) is 2.63. The van der Waals surface area contributed by atoms with Crippen LogP contribution < -0.4 is 0 Å². The second-order valence-corrected chi connectivity index (χ2v) is 4.92. The van der Waals surface area contributed by atoms with Gasteiger partial charge < -0.3 is 14.9 Å². The molecule has 2 rings (SSSR count). The highest BCUT2D eigenvalue weighted by Crippen LogP contribution is 2.08. The Morgan fingerprint density at radius 1 is 0.714 bits per heavy atom. The Balaban J connectivity index is 0.000000219. The smallest absolute Gasteiger partial charge is 0.335 e. The van der Waals surface area contributed by atoms with Crippen LogP contribution in [0.15, 0.2) is 24.3 Å². The van der Waals surface area contributed by atoms with Crippen LogP contribution in [-0.4, -0.2) is 35.4 Å². The molecule has 1 aromatic carbocycles. The van der Waals surface area contributed by atoms with Gasteiger partial charge in [-0.3, -0.25) is 0 Å². The van der Waals surface area contributed by atoms with Crippen LogP contribution >= 0.6 is 0 Å². The van der Waals surface area contributed by atoms with Gasteiger partial charge in [-0.25, -0.2) is 9.59 Å². The summed E-state index contributed by atoms with van der Waals surface area (Å²) in [5.74, 6) is -2.13. The van der Waals surface area contributed by atoms with Crippen molar-refractivity contribution in [2.75, 3.05) is 13.2 Å². The Labute approximate surface area is 124 Å². The van der Waals surface area contributed by atoms with Gasteiger partial charge in [-0.1, -0.05) is 25.7 Å². The molecular weight excluding hydrogens is 272 g/mol. The lowest BCUT2D eigenvalue weighted by atomic mass is 10.1. The fourth-order valence-electron chi connectivity index (χ4n) is 1.97. The summed E-state index contributed by atoms with van der Waals surface area (Å²) >= 11 is 0. The molecule has 1 aliphatic rings. The molecule has 116 valence electrons. The molecule has 0 amide bonds. The highest BCUT2D eigenvalue weighted by molar-refractivity contribution is 5.91. The number of ether oxygens (including phenoxy) is 1. The molecule has 1 fully saturated rings. The quantitative estimate of drug-likeness (QED) is 0.873. The van der Waals surface area contributed by atoms with Crippen molar-refractivity contribution in [1.29, 1.82) is 0 Å². The molecule has 0 bridgehead atoms. The third kappa shape index (κ3) is 7.46. The lowest BCUT2D eigenvalue weighted by Crippen LogP contribution is -1.99. The fraction of sp³-hybridized carbons (Fsp3) is 0.500. The van der Waals surface area contributed by atoms with Gasteiger partial charge in [0.2, 0.25) is 0 Å². The molecule has 0 radical (unpaired) electrons. The number of hydrogen-bond acceptors (Lipinski definition) is 3. The Bertz CT molecular complexity index is 377. The first kappa shape index (κ1) is 17.2. The summed E-state index contributed by atoms with van der Waals surface area (Å²) in [6, 6.07) is 5.02. The molecule has 21 heavy (non-hydrogen) atoms. The SMILES string of the molecule is C1CCCCOCCC1.O=C(O)c1ccc(C(=O)O)cc1. The van der Waals surface area contributed by atoms with Gasteiger partial charge in [0.25, 0.3) is 0 Å². The summed E-state index contributed by atoms with van der Waals surface area (Å²) in [5, 5.41) is 16.9. The predicted molar refractivity (Wildman–Crippen MR) is 78.9 cm³/mol. The zero-order chi connectivity index (χ0) is 15.5. The highest BCUT2D eigenvalue weighted by atomic mass is 16.5. The molecule has 5 heteroatoms. The lowest BCUT2D eigenvalue weighted by Gasteiger charge is -1.97. The zero-order valence-electron chi connectivity index (χ0n) is 12.1. The van der Waals surface area contributed by atoms with Crippen LogP contribution in [0.4, 0.5) is 0 Å². The minimum atomic E-state index is -1.06. The van der Waals surface area contributed by atoms with Gasteiger partial charge in [-0.2, -0.15) is 0 Å². The molecule has 1 saturated heterocycles. The molecule has 0 aromatic heterocycles. The maximum absolute atomic E-state index is 10.3. The van der Waals surface area contributed by atoms with Crippen LogP contribution in [0.3, 0.4) is 0 Å². The van der Waals surface area contributed by atoms with Gasteiger partial charge in [-0.15, -0.1) is 0 Å². The normalized spacial score (nSPS) is 15.6. The largest absolute Gasteiger partial charge is 0.478 e. The monoisotopic (exact) mass is 294 g/mol. The van der Waals surface area contributed by atoms with E-state index < -0.39 is 11.9 Å². The summed E-state index contributed by atoms with van der Waals surface area (Å²) in [4.78, 5) is 20.7. The standard InChI is InChI=1S/C8H6O4.C8H16O/c9-7(10)5-1-2-6(4-3-5)8(11)12;1-2-4-6-8-9-7-5-3-1/h1-4H,(H,9,10)(H,11,12);1-8H2. The third-order valence-corrected chi connectivity index (χ3v) is 3.21. The van der Waals surface area contributed by atoms with Gasteiger partial charge in [0.05, 0.1) is 11.1 Å². The van der Waals surface area contributed by atoms with E-state index >= 15 is 0 Å². The van der Waals surface area contributed by atoms with Crippen LogP contribution in [0.25, 0.3) is 0 Å². The maximum atomic E-state index is 10.3. The number of carboxylic acids is 2. The number of carboxylic acid groups (broad SMARTS) is 2. The van der Waals surface area contributed by atoms with Gasteiger partial charge in [0, 0.05) is 13.2 Å². The molecule has 1 aromatic rings. The number of aromatic carboxylic acids is 2. The highest BCUT2D eigenvalue weighted by Gasteiger charge is 2.04. The van der Waals surface area contributed by atoms with Crippen LogP contribution in [-0.2, 0) is 4.74 Å². The molecule has 0 atom stereocenters. The fourth-order valence-corrected chi connectivity index (χ4v) is 1.97. The van der Waals surface area contributed by atoms with Gasteiger partial charge in [0.1, 0.15) is 0 Å². The molecule has 0 aliphatic carbocycles. The first-order chi connectivity index (χ1) is 10.1. The molecule has 1 heterocycles. The van der Waals surface area contributed by atoms with E-state index in [4.69, 9.17) is 14.9 Å². The van der Waals surface area contributed by atoms with Crippen molar-refractivity contribution in [1.82, 2.24) is 0 Å².